The Bertz CT molecular complexity index is 1140. The highest BCUT2D eigenvalue weighted by atomic mass is 19.1. The van der Waals surface area contributed by atoms with E-state index in [4.69, 9.17) is 4.98 Å². The molecule has 1 aromatic carbocycles. The standard InChI is InChI=1S/C20H23FN6O2/c1-4-27-19(29)17-16(13(2)23-24(17)3)22-20(27)26-10-8-25(9-11-26)18(28)14-6-5-7-15(21)12-14/h5-7,12H,4,8-11H2,1-3H3. The van der Waals surface area contributed by atoms with Gasteiger partial charge in [0, 0.05) is 45.3 Å². The van der Waals surface area contributed by atoms with Crippen LogP contribution in [0.15, 0.2) is 29.1 Å². The summed E-state index contributed by atoms with van der Waals surface area (Å²) < 4.78 is 16.7. The maximum atomic E-state index is 13.4. The van der Waals surface area contributed by atoms with Crippen molar-refractivity contribution in [3.8, 4) is 0 Å². The number of amides is 1. The van der Waals surface area contributed by atoms with Crippen LogP contribution in [0.3, 0.4) is 0 Å². The van der Waals surface area contributed by atoms with E-state index in [1.165, 1.54) is 18.2 Å². The molecule has 3 aromatic rings. The van der Waals surface area contributed by atoms with Crippen molar-refractivity contribution in [3.63, 3.8) is 0 Å². The van der Waals surface area contributed by atoms with Gasteiger partial charge in [-0.1, -0.05) is 6.07 Å². The van der Waals surface area contributed by atoms with Gasteiger partial charge in [0.05, 0.1) is 5.69 Å². The Morgan fingerprint density at radius 3 is 2.59 bits per heavy atom. The first-order valence-corrected chi connectivity index (χ1v) is 9.64. The number of hydrogen-bond acceptors (Lipinski definition) is 5. The molecule has 0 atom stereocenters. The molecular formula is C20H23FN6O2. The van der Waals surface area contributed by atoms with Gasteiger partial charge in [-0.05, 0) is 32.0 Å². The topological polar surface area (TPSA) is 76.3 Å². The quantitative estimate of drug-likeness (QED) is 0.669. The van der Waals surface area contributed by atoms with E-state index in [9.17, 15) is 14.0 Å². The van der Waals surface area contributed by atoms with Crippen molar-refractivity contribution in [1.82, 2.24) is 24.2 Å². The van der Waals surface area contributed by atoms with Crippen molar-refractivity contribution < 1.29 is 9.18 Å². The highest BCUT2D eigenvalue weighted by Crippen LogP contribution is 2.19. The van der Waals surface area contributed by atoms with Crippen LogP contribution in [-0.2, 0) is 13.6 Å². The highest BCUT2D eigenvalue weighted by molar-refractivity contribution is 5.94. The van der Waals surface area contributed by atoms with Gasteiger partial charge >= 0.3 is 0 Å². The summed E-state index contributed by atoms with van der Waals surface area (Å²) >= 11 is 0. The Hall–Kier alpha value is -3.23. The van der Waals surface area contributed by atoms with Gasteiger partial charge in [0.15, 0.2) is 5.52 Å². The van der Waals surface area contributed by atoms with Crippen LogP contribution in [0.5, 0.6) is 0 Å². The molecule has 3 heterocycles. The minimum absolute atomic E-state index is 0.117. The van der Waals surface area contributed by atoms with E-state index in [1.54, 1.807) is 27.3 Å². The number of piperazine rings is 1. The van der Waals surface area contributed by atoms with Gasteiger partial charge in [-0.25, -0.2) is 9.37 Å². The molecule has 4 rings (SSSR count). The third-order valence-corrected chi connectivity index (χ3v) is 5.33. The van der Waals surface area contributed by atoms with E-state index in [1.807, 2.05) is 18.7 Å². The van der Waals surface area contributed by atoms with E-state index in [-0.39, 0.29) is 11.5 Å². The third kappa shape index (κ3) is 3.26. The molecule has 2 aromatic heterocycles. The molecule has 0 radical (unpaired) electrons. The Balaban J connectivity index is 1.60. The molecule has 8 nitrogen and oxygen atoms in total. The molecule has 1 fully saturated rings. The Kier molecular flexibility index (Phi) is 4.81. The maximum absolute atomic E-state index is 13.4. The Labute approximate surface area is 167 Å². The van der Waals surface area contributed by atoms with Gasteiger partial charge in [0.1, 0.15) is 11.3 Å². The lowest BCUT2D eigenvalue weighted by molar-refractivity contribution is 0.0745. The molecule has 1 amide bonds. The zero-order valence-electron chi connectivity index (χ0n) is 16.7. The number of fused-ring (bicyclic) bond motifs is 1. The molecule has 1 aliphatic heterocycles. The fourth-order valence-electron chi connectivity index (χ4n) is 3.84. The third-order valence-electron chi connectivity index (χ3n) is 5.33. The summed E-state index contributed by atoms with van der Waals surface area (Å²) in [7, 11) is 1.74. The molecule has 152 valence electrons. The van der Waals surface area contributed by atoms with Crippen LogP contribution in [0.4, 0.5) is 10.3 Å². The van der Waals surface area contributed by atoms with Gasteiger partial charge in [0.2, 0.25) is 5.95 Å². The molecule has 0 spiro atoms. The summed E-state index contributed by atoms with van der Waals surface area (Å²) in [4.78, 5) is 34.1. The van der Waals surface area contributed by atoms with E-state index in [0.717, 1.165) is 0 Å². The second-order valence-corrected chi connectivity index (χ2v) is 7.16. The zero-order chi connectivity index (χ0) is 20.7. The second-order valence-electron chi connectivity index (χ2n) is 7.16. The molecule has 29 heavy (non-hydrogen) atoms. The summed E-state index contributed by atoms with van der Waals surface area (Å²) in [6, 6.07) is 5.73. The lowest BCUT2D eigenvalue weighted by atomic mass is 10.2. The molecule has 0 N–H and O–H groups in total. The first kappa shape index (κ1) is 19.1. The van der Waals surface area contributed by atoms with Gasteiger partial charge in [-0.15, -0.1) is 0 Å². The SMILES string of the molecule is CCn1c(N2CCN(C(=O)c3cccc(F)c3)CC2)nc2c(C)nn(C)c2c1=O. The lowest BCUT2D eigenvalue weighted by Gasteiger charge is -2.36. The fraction of sp³-hybridized carbons (Fsp3) is 0.400. The van der Waals surface area contributed by atoms with Crippen molar-refractivity contribution in [2.24, 2.45) is 7.05 Å². The molecule has 1 saturated heterocycles. The summed E-state index contributed by atoms with van der Waals surface area (Å²) in [5.41, 5.74) is 2.04. The predicted octanol–water partition coefficient (Wildman–Crippen LogP) is 1.56. The van der Waals surface area contributed by atoms with Crippen LogP contribution in [0.1, 0.15) is 23.0 Å². The van der Waals surface area contributed by atoms with Crippen LogP contribution in [0.2, 0.25) is 0 Å². The molecule has 0 unspecified atom stereocenters. The minimum atomic E-state index is -0.425. The number of carbonyl (C=O) groups is 1. The molecule has 0 saturated carbocycles. The monoisotopic (exact) mass is 398 g/mol. The van der Waals surface area contributed by atoms with Crippen molar-refractivity contribution in [2.45, 2.75) is 20.4 Å². The molecule has 0 aliphatic carbocycles. The number of aromatic nitrogens is 4. The predicted molar refractivity (Wildman–Crippen MR) is 108 cm³/mol. The first-order chi connectivity index (χ1) is 13.9. The number of halogens is 1. The highest BCUT2D eigenvalue weighted by Gasteiger charge is 2.26. The van der Waals surface area contributed by atoms with Crippen molar-refractivity contribution in [1.29, 1.82) is 0 Å². The van der Waals surface area contributed by atoms with Gasteiger partial charge in [-0.2, -0.15) is 5.10 Å². The van der Waals surface area contributed by atoms with Crippen molar-refractivity contribution in [2.75, 3.05) is 31.1 Å². The first-order valence-electron chi connectivity index (χ1n) is 9.64. The van der Waals surface area contributed by atoms with Crippen LogP contribution in [0.25, 0.3) is 11.0 Å². The smallest absolute Gasteiger partial charge is 0.281 e. The summed E-state index contributed by atoms with van der Waals surface area (Å²) in [5, 5.41) is 4.33. The second kappa shape index (κ2) is 7.31. The number of rotatable bonds is 3. The number of anilines is 1. The molecule has 1 aliphatic rings. The Morgan fingerprint density at radius 2 is 1.93 bits per heavy atom. The van der Waals surface area contributed by atoms with E-state index < -0.39 is 5.82 Å². The van der Waals surface area contributed by atoms with Crippen molar-refractivity contribution in [3.05, 3.63) is 51.7 Å². The number of nitrogens with zero attached hydrogens (tertiary/aromatic N) is 6. The lowest BCUT2D eigenvalue weighted by Crippen LogP contribution is -2.50. The molecular weight excluding hydrogens is 375 g/mol. The fourth-order valence-corrected chi connectivity index (χ4v) is 3.84. The number of aryl methyl sites for hydroxylation is 2. The average molecular weight is 398 g/mol. The largest absolute Gasteiger partial charge is 0.339 e. The van der Waals surface area contributed by atoms with Gasteiger partial charge in [-0.3, -0.25) is 18.8 Å². The maximum Gasteiger partial charge on any atom is 0.281 e. The van der Waals surface area contributed by atoms with Crippen molar-refractivity contribution >= 4 is 22.9 Å². The van der Waals surface area contributed by atoms with Crippen LogP contribution >= 0.6 is 0 Å². The molecule has 9 heteroatoms. The molecule has 0 bridgehead atoms. The Morgan fingerprint density at radius 1 is 1.21 bits per heavy atom. The van der Waals surface area contributed by atoms with E-state index in [2.05, 4.69) is 5.10 Å². The summed E-state index contributed by atoms with van der Waals surface area (Å²) in [5.74, 6) is -0.0201. The van der Waals surface area contributed by atoms with Gasteiger partial charge in [0.25, 0.3) is 11.5 Å². The van der Waals surface area contributed by atoms with Crippen LogP contribution in [-0.4, -0.2) is 56.3 Å². The van der Waals surface area contributed by atoms with Crippen LogP contribution in [0, 0.1) is 12.7 Å². The number of benzene rings is 1. The minimum Gasteiger partial charge on any atom is -0.339 e. The van der Waals surface area contributed by atoms with E-state index in [0.29, 0.717) is 61.0 Å². The normalized spacial score (nSPS) is 14.6. The number of hydrogen-bond donors (Lipinski definition) is 0. The zero-order valence-corrected chi connectivity index (χ0v) is 16.7. The average Bonchev–Trinajstić information content (AvgIpc) is 3.01. The number of carbonyl (C=O) groups excluding carboxylic acids is 1. The summed E-state index contributed by atoms with van der Waals surface area (Å²) in [6.45, 7) is 6.26. The van der Waals surface area contributed by atoms with Gasteiger partial charge < -0.3 is 9.80 Å². The van der Waals surface area contributed by atoms with Crippen LogP contribution < -0.4 is 10.5 Å². The summed E-state index contributed by atoms with van der Waals surface area (Å²) in [6.07, 6.45) is 0. The van der Waals surface area contributed by atoms with E-state index >= 15 is 0 Å².